The van der Waals surface area contributed by atoms with Gasteiger partial charge in [-0.1, -0.05) is 0 Å². The number of hydrogen-bond acceptors (Lipinski definition) is 0. The third-order valence-corrected chi connectivity index (χ3v) is 4.66. The van der Waals surface area contributed by atoms with Crippen molar-refractivity contribution in [1.29, 1.82) is 0 Å². The standard InChI is InChI=1S/C17H13BBrN/c19-16-6-3-7-17-15(16)10-18-20(17)11-12-8-13-4-1-2-5-14(13)9-12/h1-8,10H,9,11H2. The number of nitrogens with zero attached hydrogens (tertiary/aromatic N) is 1. The van der Waals surface area contributed by atoms with E-state index in [1.54, 1.807) is 0 Å². The van der Waals surface area contributed by atoms with E-state index in [9.17, 15) is 0 Å². The van der Waals surface area contributed by atoms with Gasteiger partial charge in [0.1, 0.15) is 0 Å². The summed E-state index contributed by atoms with van der Waals surface area (Å²) < 4.78 is 3.50. The van der Waals surface area contributed by atoms with E-state index in [1.165, 1.54) is 27.6 Å². The Labute approximate surface area is 127 Å². The zero-order chi connectivity index (χ0) is 13.5. The third kappa shape index (κ3) is 1.97. The molecular formula is C17H13BBrN. The predicted octanol–water partition coefficient (Wildman–Crippen LogP) is 4.38. The molecule has 0 bridgehead atoms. The summed E-state index contributed by atoms with van der Waals surface area (Å²) in [5.74, 6) is 2.18. The summed E-state index contributed by atoms with van der Waals surface area (Å²) in [6, 6.07) is 15.0. The van der Waals surface area contributed by atoms with E-state index in [0.717, 1.165) is 17.4 Å². The molecule has 3 heteroatoms. The van der Waals surface area contributed by atoms with E-state index in [0.29, 0.717) is 0 Å². The van der Waals surface area contributed by atoms with Crippen LogP contribution in [-0.4, -0.2) is 11.5 Å². The fourth-order valence-electron chi connectivity index (χ4n) is 3.00. The van der Waals surface area contributed by atoms with Crippen LogP contribution in [0, 0.1) is 0 Å². The molecule has 1 aliphatic rings. The van der Waals surface area contributed by atoms with Crippen LogP contribution in [0.25, 0.3) is 17.0 Å². The van der Waals surface area contributed by atoms with Gasteiger partial charge in [-0.05, 0) is 0 Å². The molecule has 4 rings (SSSR count). The number of halogens is 1. The van der Waals surface area contributed by atoms with Crippen LogP contribution in [0.1, 0.15) is 11.1 Å². The molecule has 0 unspecified atom stereocenters. The zero-order valence-corrected chi connectivity index (χ0v) is 12.6. The van der Waals surface area contributed by atoms with Gasteiger partial charge in [0.2, 0.25) is 0 Å². The van der Waals surface area contributed by atoms with Crippen LogP contribution in [0.2, 0.25) is 0 Å². The van der Waals surface area contributed by atoms with E-state index in [4.69, 9.17) is 0 Å². The van der Waals surface area contributed by atoms with Gasteiger partial charge < -0.3 is 0 Å². The van der Waals surface area contributed by atoms with Crippen LogP contribution in [0.5, 0.6) is 0 Å². The first kappa shape index (κ1) is 12.2. The van der Waals surface area contributed by atoms with E-state index < -0.39 is 0 Å². The van der Waals surface area contributed by atoms with Gasteiger partial charge in [-0.3, -0.25) is 0 Å². The average molecular weight is 322 g/mol. The Bertz CT molecular complexity index is 832. The summed E-state index contributed by atoms with van der Waals surface area (Å²) in [6.07, 6.45) is 3.41. The molecule has 1 aliphatic carbocycles. The normalized spacial score (nSPS) is 13.3. The molecule has 20 heavy (non-hydrogen) atoms. The number of rotatable bonds is 2. The number of aromatic nitrogens is 1. The van der Waals surface area contributed by atoms with Crippen LogP contribution in [0.15, 0.2) is 58.5 Å². The summed E-state index contributed by atoms with van der Waals surface area (Å²) in [4.78, 5) is 0. The van der Waals surface area contributed by atoms with Crippen molar-refractivity contribution in [2.24, 2.45) is 0 Å². The summed E-state index contributed by atoms with van der Waals surface area (Å²) in [5, 5.41) is 1.28. The predicted molar refractivity (Wildman–Crippen MR) is 89.1 cm³/mol. The summed E-state index contributed by atoms with van der Waals surface area (Å²) in [5.41, 5.74) is 5.58. The van der Waals surface area contributed by atoms with Crippen molar-refractivity contribution in [3.63, 3.8) is 0 Å². The van der Waals surface area contributed by atoms with Crippen LogP contribution in [0.3, 0.4) is 0 Å². The summed E-state index contributed by atoms with van der Waals surface area (Å²) in [7, 11) is 2.18. The molecule has 1 heterocycles. The minimum absolute atomic E-state index is 0.967. The fourth-order valence-corrected chi connectivity index (χ4v) is 3.48. The molecule has 2 aromatic carbocycles. The molecule has 0 saturated carbocycles. The molecule has 0 saturated heterocycles. The van der Waals surface area contributed by atoms with Gasteiger partial charge in [0.15, 0.2) is 0 Å². The fraction of sp³-hybridized carbons (Fsp3) is 0.118. The van der Waals surface area contributed by atoms with E-state index >= 15 is 0 Å². The Morgan fingerprint density at radius 3 is 2.90 bits per heavy atom. The molecule has 0 spiro atoms. The Morgan fingerprint density at radius 1 is 1.10 bits per heavy atom. The molecule has 0 N–H and O–H groups in total. The Balaban J connectivity index is 1.69. The van der Waals surface area contributed by atoms with Crippen molar-refractivity contribution in [2.75, 3.05) is 0 Å². The Kier molecular flexibility index (Phi) is 2.88. The van der Waals surface area contributed by atoms with Crippen LogP contribution < -0.4 is 0 Å². The second-order valence-corrected chi connectivity index (χ2v) is 6.15. The number of fused-ring (bicyclic) bond motifs is 2. The third-order valence-electron chi connectivity index (χ3n) is 3.97. The van der Waals surface area contributed by atoms with Gasteiger partial charge in [-0.15, -0.1) is 0 Å². The van der Waals surface area contributed by atoms with E-state index in [2.05, 4.69) is 82.0 Å². The van der Waals surface area contributed by atoms with E-state index in [-0.39, 0.29) is 0 Å². The summed E-state index contributed by atoms with van der Waals surface area (Å²) >= 11 is 3.62. The first-order chi connectivity index (χ1) is 9.81. The van der Waals surface area contributed by atoms with Gasteiger partial charge in [0.05, 0.1) is 0 Å². The SMILES string of the molecule is Brc1cccc2c1cbn2CC1=Cc2ccccc2C1. The van der Waals surface area contributed by atoms with Crippen molar-refractivity contribution >= 4 is 40.0 Å². The molecule has 96 valence electrons. The van der Waals surface area contributed by atoms with Gasteiger partial charge in [0.25, 0.3) is 0 Å². The first-order valence-corrected chi connectivity index (χ1v) is 7.61. The van der Waals surface area contributed by atoms with E-state index in [1.807, 2.05) is 0 Å². The maximum absolute atomic E-state index is 3.62. The molecule has 0 fully saturated rings. The molecule has 1 aromatic heterocycles. The van der Waals surface area contributed by atoms with Gasteiger partial charge in [-0.2, -0.15) is 0 Å². The number of hydrogen-bond donors (Lipinski definition) is 0. The molecule has 0 atom stereocenters. The van der Waals surface area contributed by atoms with Crippen molar-refractivity contribution in [3.05, 3.63) is 69.6 Å². The van der Waals surface area contributed by atoms with Gasteiger partial charge >= 0.3 is 127 Å². The van der Waals surface area contributed by atoms with Crippen LogP contribution in [-0.2, 0) is 13.0 Å². The average Bonchev–Trinajstić information content (AvgIpc) is 3.04. The topological polar surface area (TPSA) is 4.93 Å². The summed E-state index contributed by atoms with van der Waals surface area (Å²) in [6.45, 7) is 0.967. The monoisotopic (exact) mass is 321 g/mol. The van der Waals surface area contributed by atoms with Gasteiger partial charge in [0, 0.05) is 0 Å². The Hall–Kier alpha value is -1.61. The molecule has 3 aromatic rings. The van der Waals surface area contributed by atoms with Crippen molar-refractivity contribution in [3.8, 4) is 0 Å². The second kappa shape index (κ2) is 4.74. The minimum atomic E-state index is 0.967. The van der Waals surface area contributed by atoms with Crippen LogP contribution >= 0.6 is 15.9 Å². The van der Waals surface area contributed by atoms with Gasteiger partial charge in [-0.25, -0.2) is 0 Å². The Morgan fingerprint density at radius 2 is 2.00 bits per heavy atom. The zero-order valence-electron chi connectivity index (χ0n) is 11.0. The molecule has 0 amide bonds. The quantitative estimate of drug-likeness (QED) is 0.660. The first-order valence-electron chi connectivity index (χ1n) is 6.82. The molecule has 1 nitrogen and oxygen atoms in total. The molecule has 0 aliphatic heterocycles. The van der Waals surface area contributed by atoms with Crippen molar-refractivity contribution in [2.45, 2.75) is 13.0 Å². The van der Waals surface area contributed by atoms with Crippen molar-refractivity contribution in [1.82, 2.24) is 4.47 Å². The molecule has 0 radical (unpaired) electrons. The molecular weight excluding hydrogens is 309 g/mol. The second-order valence-electron chi connectivity index (χ2n) is 5.29. The van der Waals surface area contributed by atoms with Crippen LogP contribution in [0.4, 0.5) is 0 Å². The van der Waals surface area contributed by atoms with Crippen molar-refractivity contribution < 1.29 is 0 Å². The number of allylic oxidation sites excluding steroid dienone is 1. The number of benzene rings is 2. The maximum atomic E-state index is 3.62.